The summed E-state index contributed by atoms with van der Waals surface area (Å²) in [6.07, 6.45) is 2.85. The summed E-state index contributed by atoms with van der Waals surface area (Å²) < 4.78 is 0. The molecule has 7 nitrogen and oxygen atoms in total. The van der Waals surface area contributed by atoms with Gasteiger partial charge in [0.25, 0.3) is 5.91 Å². The Kier molecular flexibility index (Phi) is 6.80. The Hall–Kier alpha value is -2.57. The molecule has 4 amide bonds. The van der Waals surface area contributed by atoms with Gasteiger partial charge in [0.2, 0.25) is 5.91 Å². The van der Waals surface area contributed by atoms with E-state index in [1.165, 1.54) is 0 Å². The zero-order valence-corrected chi connectivity index (χ0v) is 14.9. The van der Waals surface area contributed by atoms with E-state index in [0.29, 0.717) is 17.8 Å². The van der Waals surface area contributed by atoms with Crippen LogP contribution >= 0.6 is 0 Å². The van der Waals surface area contributed by atoms with Gasteiger partial charge < -0.3 is 20.9 Å². The fourth-order valence-electron chi connectivity index (χ4n) is 2.79. The maximum Gasteiger partial charge on any atom is 0.319 e. The molecule has 1 aliphatic heterocycles. The van der Waals surface area contributed by atoms with Gasteiger partial charge in [0.15, 0.2) is 0 Å². The average molecular weight is 346 g/mol. The molecular formula is C18H26N4O3. The Morgan fingerprint density at radius 3 is 2.52 bits per heavy atom. The molecule has 7 heteroatoms. The highest BCUT2D eigenvalue weighted by molar-refractivity contribution is 6.05. The highest BCUT2D eigenvalue weighted by atomic mass is 16.2. The molecule has 0 aliphatic carbocycles. The number of nitrogens with one attached hydrogen (secondary N) is 3. The Labute approximate surface area is 148 Å². The molecule has 0 atom stereocenters. The van der Waals surface area contributed by atoms with Crippen LogP contribution in [0.15, 0.2) is 18.2 Å². The minimum absolute atomic E-state index is 0.0633. The summed E-state index contributed by atoms with van der Waals surface area (Å²) in [5.74, 6) is -0.304. The SMILES string of the molecule is CCCNC(=O)CNC(=O)Nc1cccc(C)c1C(=O)N1CCCC1. The van der Waals surface area contributed by atoms with Gasteiger partial charge in [-0.1, -0.05) is 19.1 Å². The van der Waals surface area contributed by atoms with E-state index in [1.807, 2.05) is 24.8 Å². The summed E-state index contributed by atoms with van der Waals surface area (Å²) in [5.41, 5.74) is 1.79. The van der Waals surface area contributed by atoms with E-state index < -0.39 is 6.03 Å². The fraction of sp³-hybridized carbons (Fsp3) is 0.500. The molecule has 0 radical (unpaired) electrons. The van der Waals surface area contributed by atoms with Gasteiger partial charge in [-0.2, -0.15) is 0 Å². The summed E-state index contributed by atoms with van der Waals surface area (Å²) in [5, 5.41) is 7.88. The van der Waals surface area contributed by atoms with Crippen LogP contribution in [0.2, 0.25) is 0 Å². The van der Waals surface area contributed by atoms with Gasteiger partial charge in [0.1, 0.15) is 0 Å². The molecule has 0 saturated carbocycles. The van der Waals surface area contributed by atoms with Gasteiger partial charge in [-0.05, 0) is 37.8 Å². The van der Waals surface area contributed by atoms with Crippen molar-refractivity contribution >= 4 is 23.5 Å². The van der Waals surface area contributed by atoms with Crippen LogP contribution in [-0.4, -0.2) is 48.9 Å². The molecule has 2 rings (SSSR count). The average Bonchev–Trinajstić information content (AvgIpc) is 3.12. The minimum atomic E-state index is -0.507. The first kappa shape index (κ1) is 18.8. The zero-order valence-electron chi connectivity index (χ0n) is 14.9. The number of amides is 4. The van der Waals surface area contributed by atoms with Crippen molar-refractivity contribution in [1.29, 1.82) is 0 Å². The molecule has 1 saturated heterocycles. The first-order valence-corrected chi connectivity index (χ1v) is 8.73. The van der Waals surface area contributed by atoms with Crippen molar-refractivity contribution in [2.45, 2.75) is 33.1 Å². The van der Waals surface area contributed by atoms with E-state index in [0.717, 1.165) is 37.9 Å². The van der Waals surface area contributed by atoms with Crippen molar-refractivity contribution in [1.82, 2.24) is 15.5 Å². The van der Waals surface area contributed by atoms with E-state index in [1.54, 1.807) is 12.1 Å². The Morgan fingerprint density at radius 1 is 1.12 bits per heavy atom. The predicted molar refractivity (Wildman–Crippen MR) is 96.6 cm³/mol. The molecule has 1 fully saturated rings. The number of anilines is 1. The largest absolute Gasteiger partial charge is 0.355 e. The molecule has 3 N–H and O–H groups in total. The monoisotopic (exact) mass is 346 g/mol. The number of carbonyl (C=O) groups excluding carboxylic acids is 3. The summed E-state index contributed by atoms with van der Waals surface area (Å²) in [7, 11) is 0. The summed E-state index contributed by atoms with van der Waals surface area (Å²) >= 11 is 0. The van der Waals surface area contributed by atoms with Crippen molar-refractivity contribution < 1.29 is 14.4 Å². The number of likely N-dealkylation sites (tertiary alicyclic amines) is 1. The number of carbonyl (C=O) groups is 3. The highest BCUT2D eigenvalue weighted by Crippen LogP contribution is 2.23. The molecule has 1 aromatic rings. The van der Waals surface area contributed by atoms with Crippen LogP contribution in [0, 0.1) is 6.92 Å². The van der Waals surface area contributed by atoms with Crippen LogP contribution < -0.4 is 16.0 Å². The lowest BCUT2D eigenvalue weighted by molar-refractivity contribution is -0.120. The first-order chi connectivity index (χ1) is 12.0. The fourth-order valence-corrected chi connectivity index (χ4v) is 2.79. The van der Waals surface area contributed by atoms with E-state index in [9.17, 15) is 14.4 Å². The number of rotatable bonds is 6. The number of aryl methyl sites for hydroxylation is 1. The molecule has 1 aromatic carbocycles. The number of hydrogen-bond acceptors (Lipinski definition) is 3. The second-order valence-corrected chi connectivity index (χ2v) is 6.15. The number of benzene rings is 1. The normalized spacial score (nSPS) is 13.4. The smallest absolute Gasteiger partial charge is 0.319 e. The molecular weight excluding hydrogens is 320 g/mol. The number of urea groups is 1. The van der Waals surface area contributed by atoms with Gasteiger partial charge in [0, 0.05) is 19.6 Å². The minimum Gasteiger partial charge on any atom is -0.355 e. The molecule has 0 bridgehead atoms. The molecule has 1 aliphatic rings. The molecule has 25 heavy (non-hydrogen) atoms. The van der Waals surface area contributed by atoms with Crippen LogP contribution in [-0.2, 0) is 4.79 Å². The maximum absolute atomic E-state index is 12.7. The van der Waals surface area contributed by atoms with Crippen LogP contribution in [0.25, 0.3) is 0 Å². The predicted octanol–water partition coefficient (Wildman–Crippen LogP) is 1.88. The number of nitrogens with zero attached hydrogens (tertiary/aromatic N) is 1. The van der Waals surface area contributed by atoms with Gasteiger partial charge in [-0.25, -0.2) is 4.79 Å². The lowest BCUT2D eigenvalue weighted by Gasteiger charge is -2.19. The highest BCUT2D eigenvalue weighted by Gasteiger charge is 2.24. The van der Waals surface area contributed by atoms with Crippen molar-refractivity contribution in [3.05, 3.63) is 29.3 Å². The molecule has 1 heterocycles. The third-order valence-electron chi connectivity index (χ3n) is 4.11. The van der Waals surface area contributed by atoms with Crippen LogP contribution in [0.1, 0.15) is 42.1 Å². The lowest BCUT2D eigenvalue weighted by Crippen LogP contribution is -2.39. The van der Waals surface area contributed by atoms with Gasteiger partial charge in [0.05, 0.1) is 17.8 Å². The van der Waals surface area contributed by atoms with Gasteiger partial charge in [-0.15, -0.1) is 0 Å². The van der Waals surface area contributed by atoms with Crippen LogP contribution in [0.4, 0.5) is 10.5 Å². The van der Waals surface area contributed by atoms with Crippen LogP contribution in [0.5, 0.6) is 0 Å². The molecule has 0 unspecified atom stereocenters. The van der Waals surface area contributed by atoms with Crippen LogP contribution in [0.3, 0.4) is 0 Å². The third kappa shape index (κ3) is 5.20. The summed E-state index contributed by atoms with van der Waals surface area (Å²) in [6.45, 7) is 5.77. The summed E-state index contributed by atoms with van der Waals surface area (Å²) in [6, 6.07) is 4.84. The molecule has 136 valence electrons. The van der Waals surface area contributed by atoms with Crippen molar-refractivity contribution in [3.8, 4) is 0 Å². The summed E-state index contributed by atoms with van der Waals surface area (Å²) in [4.78, 5) is 38.2. The topological polar surface area (TPSA) is 90.5 Å². The Bertz CT molecular complexity index is 639. The van der Waals surface area contributed by atoms with Crippen molar-refractivity contribution in [3.63, 3.8) is 0 Å². The Morgan fingerprint density at radius 2 is 1.84 bits per heavy atom. The van der Waals surface area contributed by atoms with Gasteiger partial charge in [-0.3, -0.25) is 9.59 Å². The number of hydrogen-bond donors (Lipinski definition) is 3. The van der Waals surface area contributed by atoms with Gasteiger partial charge >= 0.3 is 6.03 Å². The zero-order chi connectivity index (χ0) is 18.2. The second-order valence-electron chi connectivity index (χ2n) is 6.15. The van der Waals surface area contributed by atoms with E-state index >= 15 is 0 Å². The quantitative estimate of drug-likeness (QED) is 0.734. The van der Waals surface area contributed by atoms with Crippen molar-refractivity contribution in [2.24, 2.45) is 0 Å². The van der Waals surface area contributed by atoms with E-state index in [-0.39, 0.29) is 18.4 Å². The second kappa shape index (κ2) is 9.05. The van der Waals surface area contributed by atoms with Crippen molar-refractivity contribution in [2.75, 3.05) is 31.5 Å². The standard InChI is InChI=1S/C18H26N4O3/c1-3-9-19-15(23)12-20-18(25)21-14-8-6-7-13(2)16(14)17(24)22-10-4-5-11-22/h6-8H,3-5,9-12H2,1-2H3,(H,19,23)(H2,20,21,25). The van der Waals surface area contributed by atoms with E-state index in [2.05, 4.69) is 16.0 Å². The maximum atomic E-state index is 12.7. The van der Waals surface area contributed by atoms with E-state index in [4.69, 9.17) is 0 Å². The third-order valence-corrected chi connectivity index (χ3v) is 4.11. The Balaban J connectivity index is 2.01. The molecule has 0 spiro atoms. The molecule has 0 aromatic heterocycles. The first-order valence-electron chi connectivity index (χ1n) is 8.73. The lowest BCUT2D eigenvalue weighted by atomic mass is 10.1.